The topological polar surface area (TPSA) is 71.1 Å². The zero-order valence-corrected chi connectivity index (χ0v) is 32.9. The van der Waals surface area contributed by atoms with Crippen molar-refractivity contribution < 1.29 is 28.5 Å². The highest BCUT2D eigenvalue weighted by molar-refractivity contribution is 6.11. The van der Waals surface area contributed by atoms with E-state index < -0.39 is 0 Å². The van der Waals surface area contributed by atoms with Crippen LogP contribution < -0.4 is 9.47 Å². The van der Waals surface area contributed by atoms with Gasteiger partial charge < -0.3 is 18.9 Å². The summed E-state index contributed by atoms with van der Waals surface area (Å²) in [6.07, 6.45) is 30.6. The highest BCUT2D eigenvalue weighted by Crippen LogP contribution is 2.42. The van der Waals surface area contributed by atoms with Crippen molar-refractivity contribution in [3.63, 3.8) is 0 Å². The van der Waals surface area contributed by atoms with Crippen LogP contribution in [0.3, 0.4) is 0 Å². The lowest BCUT2D eigenvalue weighted by Crippen LogP contribution is -2.02. The Morgan fingerprint density at radius 3 is 0.846 bits per heavy atom. The average Bonchev–Trinajstić information content (AvgIpc) is 3.17. The summed E-state index contributed by atoms with van der Waals surface area (Å²) in [6.45, 7) is 1.48. The van der Waals surface area contributed by atoms with Crippen molar-refractivity contribution in [2.45, 2.75) is 167 Å². The standard InChI is InChI=1S/C46H70O6/c1-49-43(47)35-23-19-15-11-7-3-5-9-13-17-21-29-37-51-45-39-31-25-27-33-41(39)46(42-34-28-26-32-40(42)45)52-38-30-22-18-14-10-6-4-8-12-16-20-24-36-44(48)50-2/h25-28,31-34H,3-24,29-30,35-38H2,1-2H3. The second-order valence-electron chi connectivity index (χ2n) is 14.6. The molecule has 0 N–H and O–H groups in total. The first-order valence-electron chi connectivity index (χ1n) is 21.0. The summed E-state index contributed by atoms with van der Waals surface area (Å²) >= 11 is 0. The fourth-order valence-corrected chi connectivity index (χ4v) is 7.19. The van der Waals surface area contributed by atoms with Crippen molar-refractivity contribution in [3.05, 3.63) is 48.5 Å². The van der Waals surface area contributed by atoms with Crippen LogP contribution in [0.15, 0.2) is 48.5 Å². The fourth-order valence-electron chi connectivity index (χ4n) is 7.19. The minimum absolute atomic E-state index is 0.0857. The molecule has 3 aromatic carbocycles. The van der Waals surface area contributed by atoms with Gasteiger partial charge in [-0.2, -0.15) is 0 Å². The summed E-state index contributed by atoms with van der Waals surface area (Å²) < 4.78 is 22.5. The molecule has 0 amide bonds. The lowest BCUT2D eigenvalue weighted by molar-refractivity contribution is -0.141. The van der Waals surface area contributed by atoms with Crippen molar-refractivity contribution in [1.29, 1.82) is 0 Å². The maximum Gasteiger partial charge on any atom is 0.305 e. The number of carbonyl (C=O) groups excluding carboxylic acids is 2. The van der Waals surface area contributed by atoms with Gasteiger partial charge in [-0.3, -0.25) is 9.59 Å². The number of ether oxygens (including phenoxy) is 4. The van der Waals surface area contributed by atoms with Crippen LogP contribution in [0.1, 0.15) is 167 Å². The first-order valence-corrected chi connectivity index (χ1v) is 21.0. The van der Waals surface area contributed by atoms with Gasteiger partial charge in [0.05, 0.1) is 27.4 Å². The van der Waals surface area contributed by atoms with Crippen molar-refractivity contribution in [1.82, 2.24) is 0 Å². The highest BCUT2D eigenvalue weighted by atomic mass is 16.5. The van der Waals surface area contributed by atoms with Crippen LogP contribution in [0.4, 0.5) is 0 Å². The van der Waals surface area contributed by atoms with Gasteiger partial charge in [0.2, 0.25) is 0 Å². The second kappa shape index (κ2) is 28.3. The largest absolute Gasteiger partial charge is 0.492 e. The number of unbranched alkanes of at least 4 members (excludes halogenated alkanes) is 22. The predicted octanol–water partition coefficient (Wildman–Crippen LogP) is 13.2. The van der Waals surface area contributed by atoms with Gasteiger partial charge in [0, 0.05) is 34.4 Å². The second-order valence-corrected chi connectivity index (χ2v) is 14.6. The fraction of sp³-hybridized carbons (Fsp3) is 0.652. The number of hydrogen-bond donors (Lipinski definition) is 0. The molecule has 3 rings (SSSR count). The first-order chi connectivity index (χ1) is 25.7. The normalized spacial score (nSPS) is 11.3. The number of benzene rings is 3. The van der Waals surface area contributed by atoms with Crippen LogP contribution in [0.2, 0.25) is 0 Å². The number of rotatable bonds is 32. The highest BCUT2D eigenvalue weighted by Gasteiger charge is 2.16. The van der Waals surface area contributed by atoms with Crippen LogP contribution in [0, 0.1) is 0 Å². The Bertz CT molecular complexity index is 1220. The van der Waals surface area contributed by atoms with E-state index in [1.54, 1.807) is 0 Å². The van der Waals surface area contributed by atoms with Crippen LogP contribution in [0.5, 0.6) is 11.5 Å². The Kier molecular flexibility index (Phi) is 23.4. The molecule has 0 saturated carbocycles. The molecule has 290 valence electrons. The molecule has 0 aliphatic carbocycles. The van der Waals surface area contributed by atoms with Gasteiger partial charge in [-0.1, -0.05) is 177 Å². The van der Waals surface area contributed by atoms with Crippen molar-refractivity contribution >= 4 is 33.5 Å². The predicted molar refractivity (Wildman–Crippen MR) is 217 cm³/mol. The Hall–Kier alpha value is -3.28. The molecule has 0 spiro atoms. The Morgan fingerprint density at radius 2 is 0.596 bits per heavy atom. The van der Waals surface area contributed by atoms with E-state index in [1.807, 2.05) is 0 Å². The van der Waals surface area contributed by atoms with E-state index in [0.717, 1.165) is 84.8 Å². The molecule has 6 heteroatoms. The number of methoxy groups -OCH3 is 2. The third kappa shape index (κ3) is 17.5. The molecule has 0 aliphatic rings. The molecule has 52 heavy (non-hydrogen) atoms. The quantitative estimate of drug-likeness (QED) is 0.0363. The minimum atomic E-state index is -0.0857. The number of fused-ring (bicyclic) bond motifs is 2. The van der Waals surface area contributed by atoms with E-state index >= 15 is 0 Å². The third-order valence-corrected chi connectivity index (χ3v) is 10.3. The van der Waals surface area contributed by atoms with E-state index in [0.29, 0.717) is 12.8 Å². The zero-order valence-electron chi connectivity index (χ0n) is 32.9. The molecule has 0 aliphatic heterocycles. The summed E-state index contributed by atoms with van der Waals surface area (Å²) in [6, 6.07) is 17.1. The van der Waals surface area contributed by atoms with Gasteiger partial charge >= 0.3 is 11.9 Å². The zero-order chi connectivity index (χ0) is 36.9. The van der Waals surface area contributed by atoms with Crippen LogP contribution >= 0.6 is 0 Å². The SMILES string of the molecule is COC(=O)CCCCCCCCCCCCCCOc1c2ccccc2c(OCCCCCCCCCCCCCCC(=O)OC)c2ccccc12. The van der Waals surface area contributed by atoms with Gasteiger partial charge in [0.1, 0.15) is 11.5 Å². The Labute approximate surface area is 315 Å². The summed E-state index contributed by atoms with van der Waals surface area (Å²) in [7, 11) is 2.93. The molecule has 0 atom stereocenters. The van der Waals surface area contributed by atoms with Crippen molar-refractivity contribution in [3.8, 4) is 11.5 Å². The third-order valence-electron chi connectivity index (χ3n) is 10.3. The van der Waals surface area contributed by atoms with Gasteiger partial charge in [0.15, 0.2) is 0 Å². The lowest BCUT2D eigenvalue weighted by atomic mass is 10.0. The smallest absolute Gasteiger partial charge is 0.305 e. The summed E-state index contributed by atoms with van der Waals surface area (Å²) in [4.78, 5) is 22.3. The van der Waals surface area contributed by atoms with E-state index in [4.69, 9.17) is 18.9 Å². The Morgan fingerprint density at radius 1 is 0.365 bits per heavy atom. The van der Waals surface area contributed by atoms with E-state index in [9.17, 15) is 9.59 Å². The monoisotopic (exact) mass is 719 g/mol. The number of hydrogen-bond acceptors (Lipinski definition) is 6. The van der Waals surface area contributed by atoms with Gasteiger partial charge in [-0.05, 0) is 25.7 Å². The number of carbonyl (C=O) groups is 2. The summed E-state index contributed by atoms with van der Waals surface area (Å²) in [5, 5.41) is 4.56. The van der Waals surface area contributed by atoms with E-state index in [1.165, 1.54) is 130 Å². The van der Waals surface area contributed by atoms with Gasteiger partial charge in [0.25, 0.3) is 0 Å². The maximum atomic E-state index is 11.2. The average molecular weight is 719 g/mol. The maximum absolute atomic E-state index is 11.2. The van der Waals surface area contributed by atoms with Crippen molar-refractivity contribution in [2.24, 2.45) is 0 Å². The van der Waals surface area contributed by atoms with Crippen LogP contribution in [-0.4, -0.2) is 39.4 Å². The van der Waals surface area contributed by atoms with E-state index in [2.05, 4.69) is 48.5 Å². The summed E-state index contributed by atoms with van der Waals surface area (Å²) in [5.74, 6) is 1.81. The van der Waals surface area contributed by atoms with Crippen LogP contribution in [-0.2, 0) is 19.1 Å². The lowest BCUT2D eigenvalue weighted by Gasteiger charge is -2.18. The number of esters is 2. The Balaban J connectivity index is 1.28. The molecule has 0 saturated heterocycles. The minimum Gasteiger partial charge on any atom is -0.492 e. The van der Waals surface area contributed by atoms with Gasteiger partial charge in [-0.25, -0.2) is 0 Å². The molecule has 0 heterocycles. The van der Waals surface area contributed by atoms with Gasteiger partial charge in [-0.15, -0.1) is 0 Å². The molecule has 0 bridgehead atoms. The first kappa shape index (κ1) is 43.1. The molecular formula is C46H70O6. The molecule has 0 unspecified atom stereocenters. The van der Waals surface area contributed by atoms with E-state index in [-0.39, 0.29) is 11.9 Å². The molecule has 3 aromatic rings. The molecule has 0 aromatic heterocycles. The molecule has 6 nitrogen and oxygen atoms in total. The van der Waals surface area contributed by atoms with Crippen molar-refractivity contribution in [2.75, 3.05) is 27.4 Å². The molecule has 0 fully saturated rings. The summed E-state index contributed by atoms with van der Waals surface area (Å²) in [5.41, 5.74) is 0. The molecular weight excluding hydrogens is 649 g/mol. The molecule has 0 radical (unpaired) electrons. The van der Waals surface area contributed by atoms with Crippen LogP contribution in [0.25, 0.3) is 21.5 Å².